The van der Waals surface area contributed by atoms with Crippen molar-refractivity contribution in [3.8, 4) is 0 Å². The lowest BCUT2D eigenvalue weighted by Gasteiger charge is -2.18. The predicted molar refractivity (Wildman–Crippen MR) is 98.6 cm³/mol. The molecule has 0 unspecified atom stereocenters. The summed E-state index contributed by atoms with van der Waals surface area (Å²) in [4.78, 5) is 0. The molecule has 0 heteroatoms. The van der Waals surface area contributed by atoms with Gasteiger partial charge in [0.25, 0.3) is 0 Å². The van der Waals surface area contributed by atoms with Gasteiger partial charge in [-0.25, -0.2) is 0 Å². The van der Waals surface area contributed by atoms with Crippen LogP contribution in [0.5, 0.6) is 0 Å². The molecule has 0 radical (unpaired) electrons. The summed E-state index contributed by atoms with van der Waals surface area (Å²) in [5.41, 5.74) is 4.37. The standard InChI is InChI=1S/C11H10.C11H16/c1-9-5-4-7-10-6-2-3-8-11(9)10;1-9-5-7-10(8-6-9)11(2,3)4/h2-8H,1H3;5-8H,1-4H3. The molecular weight excluding hydrogens is 264 g/mol. The highest BCUT2D eigenvalue weighted by atomic mass is 14.2. The van der Waals surface area contributed by atoms with E-state index in [-0.39, 0.29) is 5.41 Å². The van der Waals surface area contributed by atoms with E-state index in [0.29, 0.717) is 0 Å². The topological polar surface area (TPSA) is 0 Å². The molecule has 0 saturated heterocycles. The average Bonchev–Trinajstić information content (AvgIpc) is 2.48. The molecule has 0 aliphatic carbocycles. The van der Waals surface area contributed by atoms with Gasteiger partial charge in [-0.1, -0.05) is 93.1 Å². The number of rotatable bonds is 0. The van der Waals surface area contributed by atoms with Crippen LogP contribution in [0.3, 0.4) is 0 Å². The van der Waals surface area contributed by atoms with Crippen LogP contribution in [0.1, 0.15) is 37.5 Å². The smallest absolute Gasteiger partial charge is 0.0132 e. The minimum atomic E-state index is 0.285. The highest BCUT2D eigenvalue weighted by molar-refractivity contribution is 5.85. The van der Waals surface area contributed by atoms with Gasteiger partial charge in [-0.3, -0.25) is 0 Å². The number of aryl methyl sites for hydroxylation is 2. The zero-order valence-electron chi connectivity index (χ0n) is 14.4. The van der Waals surface area contributed by atoms with Gasteiger partial charge >= 0.3 is 0 Å². The van der Waals surface area contributed by atoms with Gasteiger partial charge in [0, 0.05) is 0 Å². The van der Waals surface area contributed by atoms with E-state index in [9.17, 15) is 0 Å². The van der Waals surface area contributed by atoms with Crippen LogP contribution in [0.2, 0.25) is 0 Å². The maximum absolute atomic E-state index is 2.23. The van der Waals surface area contributed by atoms with Crippen molar-refractivity contribution in [1.82, 2.24) is 0 Å². The molecule has 0 fully saturated rings. The molecule has 0 atom stereocenters. The fraction of sp³-hybridized carbons (Fsp3) is 0.273. The van der Waals surface area contributed by atoms with Crippen molar-refractivity contribution in [1.29, 1.82) is 0 Å². The van der Waals surface area contributed by atoms with Crippen LogP contribution in [0.25, 0.3) is 10.8 Å². The van der Waals surface area contributed by atoms with Gasteiger partial charge in [-0.2, -0.15) is 0 Å². The number of benzene rings is 3. The van der Waals surface area contributed by atoms with E-state index >= 15 is 0 Å². The molecule has 0 N–H and O–H groups in total. The Balaban J connectivity index is 0.000000160. The van der Waals surface area contributed by atoms with Crippen molar-refractivity contribution >= 4 is 10.8 Å². The molecule has 0 aliphatic rings. The number of fused-ring (bicyclic) bond motifs is 1. The van der Waals surface area contributed by atoms with E-state index in [2.05, 4.69) is 101 Å². The Hall–Kier alpha value is -2.08. The van der Waals surface area contributed by atoms with Crippen LogP contribution in [0, 0.1) is 13.8 Å². The lowest BCUT2D eigenvalue weighted by Crippen LogP contribution is -2.10. The lowest BCUT2D eigenvalue weighted by molar-refractivity contribution is 0.590. The largest absolute Gasteiger partial charge is 0.0616 e. The molecule has 0 nitrogen and oxygen atoms in total. The first kappa shape index (κ1) is 16.3. The maximum atomic E-state index is 2.23. The van der Waals surface area contributed by atoms with E-state index in [1.54, 1.807) is 0 Å². The van der Waals surface area contributed by atoms with Gasteiger partial charge in [0.1, 0.15) is 0 Å². The van der Waals surface area contributed by atoms with Crippen LogP contribution in [-0.4, -0.2) is 0 Å². The highest BCUT2D eigenvalue weighted by Gasteiger charge is 2.11. The third kappa shape index (κ3) is 4.21. The zero-order chi connectivity index (χ0) is 16.2. The molecule has 0 saturated carbocycles. The van der Waals surface area contributed by atoms with Gasteiger partial charge in [-0.15, -0.1) is 0 Å². The maximum Gasteiger partial charge on any atom is -0.0132 e. The second-order valence-corrected chi connectivity index (χ2v) is 6.91. The fourth-order valence-corrected chi connectivity index (χ4v) is 2.44. The van der Waals surface area contributed by atoms with Gasteiger partial charge in [0.2, 0.25) is 0 Å². The van der Waals surface area contributed by atoms with Gasteiger partial charge in [0.05, 0.1) is 0 Å². The Morgan fingerprint density at radius 2 is 1.23 bits per heavy atom. The van der Waals surface area contributed by atoms with Crippen molar-refractivity contribution in [3.63, 3.8) is 0 Å². The zero-order valence-corrected chi connectivity index (χ0v) is 14.4. The third-order valence-electron chi connectivity index (χ3n) is 3.93. The summed E-state index contributed by atoms with van der Waals surface area (Å²) in [6.45, 7) is 11.0. The third-order valence-corrected chi connectivity index (χ3v) is 3.93. The summed E-state index contributed by atoms with van der Waals surface area (Å²) in [6.07, 6.45) is 0. The Morgan fingerprint density at radius 3 is 1.82 bits per heavy atom. The lowest BCUT2D eigenvalue weighted by atomic mass is 9.87. The van der Waals surface area contributed by atoms with Crippen LogP contribution >= 0.6 is 0 Å². The summed E-state index contributed by atoms with van der Waals surface area (Å²) in [5, 5.41) is 2.68. The van der Waals surface area contributed by atoms with Crippen LogP contribution in [0.15, 0.2) is 66.7 Å². The number of hydrogen-bond donors (Lipinski definition) is 0. The molecule has 114 valence electrons. The highest BCUT2D eigenvalue weighted by Crippen LogP contribution is 2.21. The van der Waals surface area contributed by atoms with E-state index < -0.39 is 0 Å². The first-order valence-electron chi connectivity index (χ1n) is 7.89. The Morgan fingerprint density at radius 1 is 0.636 bits per heavy atom. The molecule has 0 aliphatic heterocycles. The second kappa shape index (κ2) is 6.79. The molecule has 3 aromatic rings. The first-order valence-corrected chi connectivity index (χ1v) is 7.89. The number of hydrogen-bond acceptors (Lipinski definition) is 0. The molecule has 0 heterocycles. The Bertz CT molecular complexity index is 723. The summed E-state index contributed by atoms with van der Waals surface area (Å²) in [6, 6.07) is 23.6. The molecule has 0 bridgehead atoms. The van der Waals surface area contributed by atoms with Crippen molar-refractivity contribution in [3.05, 3.63) is 83.4 Å². The van der Waals surface area contributed by atoms with E-state index in [0.717, 1.165) is 0 Å². The van der Waals surface area contributed by atoms with Crippen LogP contribution in [-0.2, 0) is 5.41 Å². The van der Waals surface area contributed by atoms with E-state index in [4.69, 9.17) is 0 Å². The molecule has 3 aromatic carbocycles. The molecule has 0 amide bonds. The quantitative estimate of drug-likeness (QED) is 0.447. The normalized spacial score (nSPS) is 11.0. The Kier molecular flexibility index (Phi) is 5.03. The first-order chi connectivity index (χ1) is 10.4. The molecule has 0 spiro atoms. The minimum Gasteiger partial charge on any atom is -0.0616 e. The van der Waals surface area contributed by atoms with Gasteiger partial charge in [-0.05, 0) is 41.2 Å². The summed E-state index contributed by atoms with van der Waals surface area (Å²) >= 11 is 0. The van der Waals surface area contributed by atoms with E-state index in [1.165, 1.54) is 27.5 Å². The molecule has 0 aromatic heterocycles. The SMILES string of the molecule is Cc1ccc(C(C)(C)C)cc1.Cc1cccc2ccccc12. The average molecular weight is 290 g/mol. The van der Waals surface area contributed by atoms with Crippen molar-refractivity contribution in [2.75, 3.05) is 0 Å². The minimum absolute atomic E-state index is 0.285. The fourth-order valence-electron chi connectivity index (χ4n) is 2.44. The van der Waals surface area contributed by atoms with Gasteiger partial charge < -0.3 is 0 Å². The molecule has 3 rings (SSSR count). The van der Waals surface area contributed by atoms with Crippen molar-refractivity contribution < 1.29 is 0 Å². The molecule has 22 heavy (non-hydrogen) atoms. The van der Waals surface area contributed by atoms with Gasteiger partial charge in [0.15, 0.2) is 0 Å². The molecular formula is C22H26. The van der Waals surface area contributed by atoms with Crippen molar-refractivity contribution in [2.45, 2.75) is 40.0 Å². The predicted octanol–water partition coefficient (Wildman–Crippen LogP) is 6.44. The summed E-state index contributed by atoms with van der Waals surface area (Å²) in [7, 11) is 0. The summed E-state index contributed by atoms with van der Waals surface area (Å²) < 4.78 is 0. The van der Waals surface area contributed by atoms with Crippen LogP contribution < -0.4 is 0 Å². The Labute approximate surface area is 134 Å². The monoisotopic (exact) mass is 290 g/mol. The van der Waals surface area contributed by atoms with E-state index in [1.807, 2.05) is 0 Å². The summed E-state index contributed by atoms with van der Waals surface area (Å²) in [5.74, 6) is 0. The van der Waals surface area contributed by atoms with Crippen LogP contribution in [0.4, 0.5) is 0 Å². The second-order valence-electron chi connectivity index (χ2n) is 6.91. The van der Waals surface area contributed by atoms with Crippen molar-refractivity contribution in [2.24, 2.45) is 0 Å².